The van der Waals surface area contributed by atoms with E-state index in [0.29, 0.717) is 6.61 Å². The summed E-state index contributed by atoms with van der Waals surface area (Å²) >= 11 is 0. The molecule has 13 heavy (non-hydrogen) atoms. The van der Waals surface area contributed by atoms with Crippen LogP contribution in [0.5, 0.6) is 0 Å². The van der Waals surface area contributed by atoms with E-state index in [9.17, 15) is 9.59 Å². The molecule has 0 aromatic rings. The fourth-order valence-corrected chi connectivity index (χ4v) is 0.988. The lowest BCUT2D eigenvalue weighted by molar-refractivity contribution is -0.135. The summed E-state index contributed by atoms with van der Waals surface area (Å²) in [6.07, 6.45) is 1.59. The number of hydrogen-bond donors (Lipinski definition) is 2. The summed E-state index contributed by atoms with van der Waals surface area (Å²) < 4.78 is 5.05. The van der Waals surface area contributed by atoms with E-state index in [2.05, 4.69) is 17.2 Å². The van der Waals surface area contributed by atoms with Gasteiger partial charge < -0.3 is 15.4 Å². The summed E-state index contributed by atoms with van der Waals surface area (Å²) in [6.45, 7) is 4.08. The van der Waals surface area contributed by atoms with Crippen LogP contribution in [0.2, 0.25) is 0 Å². The number of carbonyl (C=O) groups excluding carboxylic acids is 2. The van der Waals surface area contributed by atoms with Gasteiger partial charge in [0.15, 0.2) is 0 Å². The van der Waals surface area contributed by atoms with Crippen molar-refractivity contribution in [2.75, 3.05) is 19.8 Å². The van der Waals surface area contributed by atoms with Crippen molar-refractivity contribution in [3.63, 3.8) is 0 Å². The molecular formula is C8H12N2O3. The average Bonchev–Trinajstić information content (AvgIpc) is 2.11. The summed E-state index contributed by atoms with van der Waals surface area (Å²) in [4.78, 5) is 22.0. The molecule has 0 aromatic heterocycles. The van der Waals surface area contributed by atoms with Crippen LogP contribution in [-0.4, -0.2) is 37.6 Å². The molecule has 1 aliphatic rings. The highest BCUT2D eigenvalue weighted by Crippen LogP contribution is 1.91. The largest absolute Gasteiger partial charge is 0.375 e. The first kappa shape index (κ1) is 9.73. The Kier molecular flexibility index (Phi) is 3.45. The topological polar surface area (TPSA) is 67.4 Å². The second kappa shape index (κ2) is 4.61. The third-order valence-electron chi connectivity index (χ3n) is 1.60. The van der Waals surface area contributed by atoms with Gasteiger partial charge in [0, 0.05) is 0 Å². The van der Waals surface area contributed by atoms with Crippen LogP contribution in [0.15, 0.2) is 12.7 Å². The number of carbonyl (C=O) groups is 2. The number of nitrogens with one attached hydrogen (secondary N) is 2. The first-order chi connectivity index (χ1) is 6.24. The highest BCUT2D eigenvalue weighted by atomic mass is 16.5. The van der Waals surface area contributed by atoms with Crippen LogP contribution in [-0.2, 0) is 14.3 Å². The maximum Gasteiger partial charge on any atom is 0.245 e. The maximum absolute atomic E-state index is 11.1. The van der Waals surface area contributed by atoms with Crippen molar-refractivity contribution < 1.29 is 14.3 Å². The van der Waals surface area contributed by atoms with Gasteiger partial charge in [-0.2, -0.15) is 0 Å². The lowest BCUT2D eigenvalue weighted by Gasteiger charge is -2.22. The van der Waals surface area contributed by atoms with Crippen LogP contribution >= 0.6 is 0 Å². The lowest BCUT2D eigenvalue weighted by Crippen LogP contribution is -2.57. The number of rotatable bonds is 4. The molecule has 1 fully saturated rings. The monoisotopic (exact) mass is 184 g/mol. The molecule has 1 atom stereocenters. The third-order valence-corrected chi connectivity index (χ3v) is 1.60. The first-order valence-electron chi connectivity index (χ1n) is 3.99. The molecule has 2 N–H and O–H groups in total. The van der Waals surface area contributed by atoms with E-state index in [1.165, 1.54) is 0 Å². The van der Waals surface area contributed by atoms with Crippen molar-refractivity contribution in [1.29, 1.82) is 0 Å². The molecule has 0 unspecified atom stereocenters. The van der Waals surface area contributed by atoms with Gasteiger partial charge in [-0.1, -0.05) is 6.08 Å². The number of ether oxygens (including phenoxy) is 1. The van der Waals surface area contributed by atoms with Crippen LogP contribution in [0.25, 0.3) is 0 Å². The van der Waals surface area contributed by atoms with E-state index < -0.39 is 6.04 Å². The minimum absolute atomic E-state index is 0.0524. The van der Waals surface area contributed by atoms with Gasteiger partial charge in [0.2, 0.25) is 11.8 Å². The minimum atomic E-state index is -0.568. The minimum Gasteiger partial charge on any atom is -0.375 e. The van der Waals surface area contributed by atoms with Crippen LogP contribution < -0.4 is 10.6 Å². The van der Waals surface area contributed by atoms with Crippen molar-refractivity contribution in [1.82, 2.24) is 10.6 Å². The fraction of sp³-hybridized carbons (Fsp3) is 0.500. The molecule has 5 nitrogen and oxygen atoms in total. The number of hydrogen-bond acceptors (Lipinski definition) is 3. The summed E-state index contributed by atoms with van der Waals surface area (Å²) in [6, 6.07) is -0.568. The first-order valence-corrected chi connectivity index (χ1v) is 3.99. The maximum atomic E-state index is 11.1. The summed E-state index contributed by atoms with van der Waals surface area (Å²) in [5.74, 6) is -0.393. The van der Waals surface area contributed by atoms with Gasteiger partial charge in [0.05, 0.1) is 19.8 Å². The van der Waals surface area contributed by atoms with E-state index in [4.69, 9.17) is 4.74 Å². The molecule has 0 aromatic carbocycles. The van der Waals surface area contributed by atoms with Crippen molar-refractivity contribution in [3.05, 3.63) is 12.7 Å². The fourth-order valence-electron chi connectivity index (χ4n) is 0.988. The molecule has 1 aliphatic heterocycles. The van der Waals surface area contributed by atoms with Gasteiger partial charge >= 0.3 is 0 Å². The van der Waals surface area contributed by atoms with E-state index >= 15 is 0 Å². The summed E-state index contributed by atoms with van der Waals surface area (Å²) in [5.41, 5.74) is 0. The van der Waals surface area contributed by atoms with Crippen molar-refractivity contribution >= 4 is 11.8 Å². The Morgan fingerprint density at radius 1 is 1.62 bits per heavy atom. The molecule has 2 amide bonds. The van der Waals surface area contributed by atoms with Gasteiger partial charge in [0.25, 0.3) is 0 Å². The van der Waals surface area contributed by atoms with Crippen LogP contribution in [0, 0.1) is 0 Å². The molecular weight excluding hydrogens is 172 g/mol. The zero-order chi connectivity index (χ0) is 9.68. The standard InChI is InChI=1S/C8H12N2O3/c1-2-3-13-5-6-8(12)9-4-7(11)10-6/h2,6H,1,3-5H2,(H,9,12)(H,10,11)/t6-/m0/s1. The van der Waals surface area contributed by atoms with Gasteiger partial charge in [-0.25, -0.2) is 0 Å². The number of amides is 2. The Hall–Kier alpha value is -1.36. The van der Waals surface area contributed by atoms with E-state index in [1.54, 1.807) is 6.08 Å². The van der Waals surface area contributed by atoms with Crippen molar-refractivity contribution in [2.45, 2.75) is 6.04 Å². The van der Waals surface area contributed by atoms with Crippen LogP contribution in [0.1, 0.15) is 0 Å². The van der Waals surface area contributed by atoms with Crippen LogP contribution in [0.4, 0.5) is 0 Å². The molecule has 1 rings (SSSR count). The molecule has 0 aliphatic carbocycles. The smallest absolute Gasteiger partial charge is 0.245 e. The van der Waals surface area contributed by atoms with E-state index in [0.717, 1.165) is 0 Å². The molecule has 0 spiro atoms. The molecule has 0 bridgehead atoms. The summed E-state index contributed by atoms with van der Waals surface area (Å²) in [7, 11) is 0. The second-order valence-electron chi connectivity index (χ2n) is 2.66. The normalized spacial score (nSPS) is 22.0. The van der Waals surface area contributed by atoms with Crippen molar-refractivity contribution in [3.8, 4) is 0 Å². The average molecular weight is 184 g/mol. The van der Waals surface area contributed by atoms with Gasteiger partial charge in [-0.05, 0) is 0 Å². The highest BCUT2D eigenvalue weighted by Gasteiger charge is 2.25. The molecule has 0 saturated carbocycles. The predicted octanol–water partition coefficient (Wildman–Crippen LogP) is -1.20. The predicted molar refractivity (Wildman–Crippen MR) is 46.0 cm³/mol. The Bertz CT molecular complexity index is 227. The number of piperazine rings is 1. The Morgan fingerprint density at radius 2 is 2.38 bits per heavy atom. The van der Waals surface area contributed by atoms with E-state index in [-0.39, 0.29) is 25.0 Å². The second-order valence-corrected chi connectivity index (χ2v) is 2.66. The van der Waals surface area contributed by atoms with Gasteiger partial charge in [-0.3, -0.25) is 9.59 Å². The molecule has 1 heterocycles. The van der Waals surface area contributed by atoms with Crippen LogP contribution in [0.3, 0.4) is 0 Å². The summed E-state index contributed by atoms with van der Waals surface area (Å²) in [5, 5.41) is 4.97. The molecule has 5 heteroatoms. The Labute approximate surface area is 76.1 Å². The zero-order valence-corrected chi connectivity index (χ0v) is 7.21. The van der Waals surface area contributed by atoms with E-state index in [1.807, 2.05) is 0 Å². The lowest BCUT2D eigenvalue weighted by atomic mass is 10.2. The molecule has 1 saturated heterocycles. The van der Waals surface area contributed by atoms with Gasteiger partial charge in [0.1, 0.15) is 6.04 Å². The molecule has 0 radical (unpaired) electrons. The third kappa shape index (κ3) is 2.87. The quantitative estimate of drug-likeness (QED) is 0.426. The molecule has 72 valence electrons. The van der Waals surface area contributed by atoms with Crippen molar-refractivity contribution in [2.24, 2.45) is 0 Å². The SMILES string of the molecule is C=CCOC[C@@H]1NC(=O)CNC1=O. The Morgan fingerprint density at radius 3 is 3.08 bits per heavy atom. The highest BCUT2D eigenvalue weighted by molar-refractivity contribution is 5.94. The Balaban J connectivity index is 2.33. The van der Waals surface area contributed by atoms with Gasteiger partial charge in [-0.15, -0.1) is 6.58 Å². The zero-order valence-electron chi connectivity index (χ0n) is 7.21.